The molecule has 2 aromatic rings. The zero-order valence-corrected chi connectivity index (χ0v) is 12.1. The maximum Gasteiger partial charge on any atom is 0.133 e. The third-order valence-electron chi connectivity index (χ3n) is 3.81. The Hall–Kier alpha value is -1.66. The van der Waals surface area contributed by atoms with Gasteiger partial charge < -0.3 is 9.09 Å². The topological polar surface area (TPSA) is 50.3 Å². The average Bonchev–Trinajstić information content (AvgIpc) is 3.02. The van der Waals surface area contributed by atoms with Crippen molar-refractivity contribution in [3.63, 3.8) is 0 Å². The van der Waals surface area contributed by atoms with E-state index in [2.05, 4.69) is 24.5 Å². The Bertz CT molecular complexity index is 553. The summed E-state index contributed by atoms with van der Waals surface area (Å²) >= 11 is 0. The number of nitrogens with zero attached hydrogens (tertiary/aromatic N) is 5. The van der Waals surface area contributed by atoms with Gasteiger partial charge >= 0.3 is 0 Å². The predicted molar refractivity (Wildman–Crippen MR) is 75.0 cm³/mol. The molecule has 1 saturated heterocycles. The first-order valence-corrected chi connectivity index (χ1v) is 7.04. The van der Waals surface area contributed by atoms with Crippen LogP contribution in [0.25, 0.3) is 0 Å². The van der Waals surface area contributed by atoms with E-state index in [1.807, 2.05) is 32.4 Å². The summed E-state index contributed by atoms with van der Waals surface area (Å²) in [7, 11) is 2.05. The molecule has 0 radical (unpaired) electrons. The van der Waals surface area contributed by atoms with Crippen molar-refractivity contribution >= 4 is 0 Å². The van der Waals surface area contributed by atoms with E-state index in [9.17, 15) is 0 Å². The standard InChI is InChI=1S/C14H21N5O/c1-12-9-13(16-20-12)10-18-5-7-19(8-6-18)11-14-15-3-4-17(14)2/h3-4,9H,5-8,10-11H2,1-2H3. The largest absolute Gasteiger partial charge is 0.361 e. The van der Waals surface area contributed by atoms with Crippen LogP contribution in [0.2, 0.25) is 0 Å². The molecule has 0 bridgehead atoms. The number of aromatic nitrogens is 3. The van der Waals surface area contributed by atoms with Crippen molar-refractivity contribution in [3.05, 3.63) is 35.7 Å². The molecule has 0 unspecified atom stereocenters. The molecule has 2 aromatic heterocycles. The fourth-order valence-corrected chi connectivity index (χ4v) is 2.58. The van der Waals surface area contributed by atoms with E-state index in [4.69, 9.17) is 4.52 Å². The second-order valence-corrected chi connectivity index (χ2v) is 5.44. The minimum absolute atomic E-state index is 0.883. The highest BCUT2D eigenvalue weighted by Gasteiger charge is 2.19. The molecular weight excluding hydrogens is 254 g/mol. The molecule has 1 aliphatic heterocycles. The Balaban J connectivity index is 1.48. The highest BCUT2D eigenvalue weighted by atomic mass is 16.5. The smallest absolute Gasteiger partial charge is 0.133 e. The molecule has 1 aliphatic rings. The van der Waals surface area contributed by atoms with Crippen LogP contribution >= 0.6 is 0 Å². The Labute approximate surface area is 119 Å². The maximum absolute atomic E-state index is 5.11. The van der Waals surface area contributed by atoms with E-state index in [1.54, 1.807) is 0 Å². The zero-order valence-electron chi connectivity index (χ0n) is 12.1. The van der Waals surface area contributed by atoms with Gasteiger partial charge in [-0.3, -0.25) is 9.80 Å². The van der Waals surface area contributed by atoms with Crippen LogP contribution in [0, 0.1) is 6.92 Å². The summed E-state index contributed by atoms with van der Waals surface area (Å²) in [6, 6.07) is 2.01. The van der Waals surface area contributed by atoms with Gasteiger partial charge in [-0.25, -0.2) is 4.98 Å². The predicted octanol–water partition coefficient (Wildman–Crippen LogP) is 1.03. The van der Waals surface area contributed by atoms with Crippen LogP contribution in [-0.2, 0) is 20.1 Å². The van der Waals surface area contributed by atoms with Gasteiger partial charge in [-0.1, -0.05) is 5.16 Å². The summed E-state index contributed by atoms with van der Waals surface area (Å²) in [5.41, 5.74) is 1.03. The molecular formula is C14H21N5O. The van der Waals surface area contributed by atoms with E-state index < -0.39 is 0 Å². The van der Waals surface area contributed by atoms with Crippen molar-refractivity contribution < 1.29 is 4.52 Å². The minimum Gasteiger partial charge on any atom is -0.361 e. The van der Waals surface area contributed by atoms with Gasteiger partial charge in [0.1, 0.15) is 11.6 Å². The van der Waals surface area contributed by atoms with Crippen LogP contribution in [0.4, 0.5) is 0 Å². The van der Waals surface area contributed by atoms with E-state index in [0.29, 0.717) is 0 Å². The summed E-state index contributed by atoms with van der Waals surface area (Å²) in [4.78, 5) is 9.26. The molecule has 0 aliphatic carbocycles. The van der Waals surface area contributed by atoms with E-state index >= 15 is 0 Å². The van der Waals surface area contributed by atoms with E-state index in [0.717, 1.165) is 56.5 Å². The third kappa shape index (κ3) is 3.08. The lowest BCUT2D eigenvalue weighted by Crippen LogP contribution is -2.45. The van der Waals surface area contributed by atoms with Crippen molar-refractivity contribution in [2.45, 2.75) is 20.0 Å². The normalized spacial score (nSPS) is 17.7. The molecule has 0 N–H and O–H groups in total. The van der Waals surface area contributed by atoms with Crippen LogP contribution in [0.15, 0.2) is 23.0 Å². The molecule has 0 spiro atoms. The number of hydrogen-bond donors (Lipinski definition) is 0. The Kier molecular flexibility index (Phi) is 3.84. The van der Waals surface area contributed by atoms with Crippen LogP contribution in [0.5, 0.6) is 0 Å². The Morgan fingerprint density at radius 1 is 1.15 bits per heavy atom. The fourth-order valence-electron chi connectivity index (χ4n) is 2.58. The summed E-state index contributed by atoms with van der Waals surface area (Å²) < 4.78 is 7.20. The third-order valence-corrected chi connectivity index (χ3v) is 3.81. The summed E-state index contributed by atoms with van der Waals surface area (Å²) in [6.45, 7) is 8.02. The molecule has 3 heterocycles. The van der Waals surface area contributed by atoms with Gasteiger partial charge in [0.05, 0.1) is 12.2 Å². The van der Waals surface area contributed by atoms with E-state index in [1.165, 1.54) is 0 Å². The van der Waals surface area contributed by atoms with Crippen molar-refractivity contribution in [2.75, 3.05) is 26.2 Å². The Morgan fingerprint density at radius 2 is 1.85 bits per heavy atom. The molecule has 6 nitrogen and oxygen atoms in total. The highest BCUT2D eigenvalue weighted by molar-refractivity contribution is 5.03. The number of rotatable bonds is 4. The van der Waals surface area contributed by atoms with Gasteiger partial charge in [0, 0.05) is 58.2 Å². The van der Waals surface area contributed by atoms with E-state index in [-0.39, 0.29) is 0 Å². The molecule has 108 valence electrons. The minimum atomic E-state index is 0.883. The molecule has 3 rings (SSSR count). The quantitative estimate of drug-likeness (QED) is 0.834. The van der Waals surface area contributed by atoms with Gasteiger partial charge in [-0.2, -0.15) is 0 Å². The Morgan fingerprint density at radius 3 is 2.40 bits per heavy atom. The van der Waals surface area contributed by atoms with Crippen LogP contribution in [0.1, 0.15) is 17.3 Å². The molecule has 0 atom stereocenters. The first-order valence-electron chi connectivity index (χ1n) is 7.04. The SMILES string of the molecule is Cc1cc(CN2CCN(Cc3nccn3C)CC2)no1. The lowest BCUT2D eigenvalue weighted by molar-refractivity contribution is 0.117. The molecule has 0 amide bonds. The van der Waals surface area contributed by atoms with Crippen molar-refractivity contribution in [2.24, 2.45) is 7.05 Å². The lowest BCUT2D eigenvalue weighted by Gasteiger charge is -2.33. The monoisotopic (exact) mass is 275 g/mol. The summed E-state index contributed by atoms with van der Waals surface area (Å²) in [5, 5.41) is 4.06. The average molecular weight is 275 g/mol. The fraction of sp³-hybridized carbons (Fsp3) is 0.571. The summed E-state index contributed by atoms with van der Waals surface area (Å²) in [6.07, 6.45) is 3.86. The summed E-state index contributed by atoms with van der Waals surface area (Å²) in [5.74, 6) is 2.01. The lowest BCUT2D eigenvalue weighted by atomic mass is 10.2. The van der Waals surface area contributed by atoms with Gasteiger partial charge in [0.2, 0.25) is 0 Å². The number of aryl methyl sites for hydroxylation is 2. The van der Waals surface area contributed by atoms with Crippen molar-refractivity contribution in [3.8, 4) is 0 Å². The van der Waals surface area contributed by atoms with Crippen LogP contribution < -0.4 is 0 Å². The first kappa shape index (κ1) is 13.3. The second-order valence-electron chi connectivity index (χ2n) is 5.44. The first-order chi connectivity index (χ1) is 9.70. The van der Waals surface area contributed by atoms with Crippen molar-refractivity contribution in [1.29, 1.82) is 0 Å². The second kappa shape index (κ2) is 5.76. The molecule has 0 aromatic carbocycles. The molecule has 1 fully saturated rings. The van der Waals surface area contributed by atoms with Crippen LogP contribution in [0.3, 0.4) is 0 Å². The van der Waals surface area contributed by atoms with Gasteiger partial charge in [-0.05, 0) is 6.92 Å². The molecule has 0 saturated carbocycles. The zero-order chi connectivity index (χ0) is 13.9. The van der Waals surface area contributed by atoms with Crippen molar-refractivity contribution in [1.82, 2.24) is 24.5 Å². The molecule has 20 heavy (non-hydrogen) atoms. The van der Waals surface area contributed by atoms with Gasteiger partial charge in [0.15, 0.2) is 0 Å². The number of imidazole rings is 1. The molecule has 6 heteroatoms. The van der Waals surface area contributed by atoms with Crippen LogP contribution in [-0.4, -0.2) is 50.7 Å². The maximum atomic E-state index is 5.11. The number of hydrogen-bond acceptors (Lipinski definition) is 5. The van der Waals surface area contributed by atoms with Gasteiger partial charge in [-0.15, -0.1) is 0 Å². The number of piperazine rings is 1. The highest BCUT2D eigenvalue weighted by Crippen LogP contribution is 2.10. The van der Waals surface area contributed by atoms with Gasteiger partial charge in [0.25, 0.3) is 0 Å².